The van der Waals surface area contributed by atoms with Crippen molar-refractivity contribution in [3.63, 3.8) is 0 Å². The molecule has 1 saturated heterocycles. The maximum atomic E-state index is 13.4. The second-order valence-electron chi connectivity index (χ2n) is 7.83. The number of hydrogen-bond acceptors (Lipinski definition) is 4. The van der Waals surface area contributed by atoms with Crippen LogP contribution >= 0.6 is 0 Å². The molecule has 152 valence electrons. The van der Waals surface area contributed by atoms with Crippen molar-refractivity contribution in [3.8, 4) is 11.5 Å². The minimum Gasteiger partial charge on any atom is -0.369 e. The van der Waals surface area contributed by atoms with E-state index in [-0.39, 0.29) is 5.82 Å². The van der Waals surface area contributed by atoms with Crippen LogP contribution in [0.5, 0.6) is 0 Å². The summed E-state index contributed by atoms with van der Waals surface area (Å²) in [5, 5.41) is 0. The lowest BCUT2D eigenvalue weighted by molar-refractivity contribution is 0.313. The summed E-state index contributed by atoms with van der Waals surface area (Å²) < 4.78 is 15.6. The van der Waals surface area contributed by atoms with Crippen molar-refractivity contribution < 1.29 is 4.39 Å². The van der Waals surface area contributed by atoms with Crippen LogP contribution in [0, 0.1) is 5.82 Å². The standard InChI is InChI=1S/C24H24FN5/c1-28-12-14-29(15-13-28)20-9-10-21-23(16-20)30(17-18-5-7-19(25)8-6-18)24(27-21)22-4-2-3-11-26-22/h2-11,16H,12-15,17H2,1H3. The Morgan fingerprint density at radius 3 is 2.47 bits per heavy atom. The number of benzene rings is 2. The van der Waals surface area contributed by atoms with Crippen LogP contribution < -0.4 is 4.90 Å². The predicted octanol–water partition coefficient (Wildman–Crippen LogP) is 4.04. The number of pyridine rings is 1. The monoisotopic (exact) mass is 401 g/mol. The van der Waals surface area contributed by atoms with Crippen LogP contribution in [-0.4, -0.2) is 52.7 Å². The van der Waals surface area contributed by atoms with Crippen LogP contribution in [-0.2, 0) is 6.54 Å². The molecule has 5 nitrogen and oxygen atoms in total. The predicted molar refractivity (Wildman–Crippen MR) is 118 cm³/mol. The number of aromatic nitrogens is 3. The van der Waals surface area contributed by atoms with Gasteiger partial charge in [0.05, 0.1) is 11.0 Å². The van der Waals surface area contributed by atoms with E-state index in [9.17, 15) is 4.39 Å². The van der Waals surface area contributed by atoms with Crippen molar-refractivity contribution in [2.45, 2.75) is 6.54 Å². The van der Waals surface area contributed by atoms with E-state index in [2.05, 4.69) is 44.6 Å². The van der Waals surface area contributed by atoms with Crippen molar-refractivity contribution in [2.24, 2.45) is 0 Å². The van der Waals surface area contributed by atoms with Crippen LogP contribution in [0.1, 0.15) is 5.56 Å². The Morgan fingerprint density at radius 1 is 0.933 bits per heavy atom. The van der Waals surface area contributed by atoms with E-state index in [0.29, 0.717) is 6.54 Å². The molecule has 0 unspecified atom stereocenters. The Kier molecular flexibility index (Phi) is 4.93. The largest absolute Gasteiger partial charge is 0.369 e. The molecule has 0 saturated carbocycles. The number of hydrogen-bond donors (Lipinski definition) is 0. The zero-order valence-electron chi connectivity index (χ0n) is 17.0. The van der Waals surface area contributed by atoms with E-state index in [4.69, 9.17) is 4.98 Å². The topological polar surface area (TPSA) is 37.2 Å². The third-order valence-electron chi connectivity index (χ3n) is 5.75. The van der Waals surface area contributed by atoms with Crippen molar-refractivity contribution in [3.05, 3.63) is 78.2 Å². The lowest BCUT2D eigenvalue weighted by Gasteiger charge is -2.34. The molecule has 0 spiro atoms. The molecule has 1 aliphatic rings. The fraction of sp³-hybridized carbons (Fsp3) is 0.250. The van der Waals surface area contributed by atoms with E-state index in [0.717, 1.165) is 54.3 Å². The fourth-order valence-electron chi connectivity index (χ4n) is 4.00. The van der Waals surface area contributed by atoms with Gasteiger partial charge in [-0.2, -0.15) is 0 Å². The number of fused-ring (bicyclic) bond motifs is 1. The molecule has 2 aromatic carbocycles. The molecular weight excluding hydrogens is 377 g/mol. The first-order chi connectivity index (χ1) is 14.7. The van der Waals surface area contributed by atoms with E-state index in [1.54, 1.807) is 6.20 Å². The normalized spacial score (nSPS) is 15.1. The number of nitrogens with zero attached hydrogens (tertiary/aromatic N) is 5. The maximum absolute atomic E-state index is 13.4. The summed E-state index contributed by atoms with van der Waals surface area (Å²) in [6.45, 7) is 4.76. The van der Waals surface area contributed by atoms with Gasteiger partial charge in [-0.25, -0.2) is 9.37 Å². The van der Waals surface area contributed by atoms with Crippen LogP contribution in [0.25, 0.3) is 22.6 Å². The van der Waals surface area contributed by atoms with Gasteiger partial charge in [0.15, 0.2) is 5.82 Å². The molecular formula is C24H24FN5. The first-order valence-electron chi connectivity index (χ1n) is 10.3. The van der Waals surface area contributed by atoms with Gasteiger partial charge in [0, 0.05) is 44.6 Å². The van der Waals surface area contributed by atoms with Gasteiger partial charge in [-0.15, -0.1) is 0 Å². The van der Waals surface area contributed by atoms with Gasteiger partial charge in [0.2, 0.25) is 0 Å². The van der Waals surface area contributed by atoms with Crippen LogP contribution in [0.15, 0.2) is 66.9 Å². The quantitative estimate of drug-likeness (QED) is 0.517. The maximum Gasteiger partial charge on any atom is 0.160 e. The number of rotatable bonds is 4. The molecule has 0 atom stereocenters. The molecule has 0 bridgehead atoms. The number of piperazine rings is 1. The summed E-state index contributed by atoms with van der Waals surface area (Å²) >= 11 is 0. The number of imidazole rings is 1. The van der Waals surface area contributed by atoms with Gasteiger partial charge in [-0.3, -0.25) is 4.98 Å². The van der Waals surface area contributed by atoms with Gasteiger partial charge in [0.1, 0.15) is 11.5 Å². The van der Waals surface area contributed by atoms with Gasteiger partial charge >= 0.3 is 0 Å². The summed E-state index contributed by atoms with van der Waals surface area (Å²) in [6.07, 6.45) is 1.78. The summed E-state index contributed by atoms with van der Waals surface area (Å²) in [5.74, 6) is 0.599. The zero-order chi connectivity index (χ0) is 20.5. The van der Waals surface area contributed by atoms with Crippen molar-refractivity contribution in [1.82, 2.24) is 19.4 Å². The number of likely N-dealkylation sites (N-methyl/N-ethyl adjacent to an activating group) is 1. The van der Waals surface area contributed by atoms with E-state index >= 15 is 0 Å². The average molecular weight is 401 g/mol. The van der Waals surface area contributed by atoms with Gasteiger partial charge < -0.3 is 14.4 Å². The Balaban J connectivity index is 1.60. The molecule has 1 fully saturated rings. The molecule has 0 N–H and O–H groups in total. The molecule has 5 rings (SSSR count). The fourth-order valence-corrected chi connectivity index (χ4v) is 4.00. The average Bonchev–Trinajstić information content (AvgIpc) is 3.14. The Hall–Kier alpha value is -3.25. The molecule has 2 aromatic heterocycles. The lowest BCUT2D eigenvalue weighted by Crippen LogP contribution is -2.44. The smallest absolute Gasteiger partial charge is 0.160 e. The summed E-state index contributed by atoms with van der Waals surface area (Å²) in [7, 11) is 2.16. The highest BCUT2D eigenvalue weighted by atomic mass is 19.1. The first-order valence-corrected chi connectivity index (χ1v) is 10.3. The highest BCUT2D eigenvalue weighted by Crippen LogP contribution is 2.28. The van der Waals surface area contributed by atoms with Crippen LogP contribution in [0.4, 0.5) is 10.1 Å². The zero-order valence-corrected chi connectivity index (χ0v) is 17.0. The molecule has 4 aromatic rings. The third-order valence-corrected chi connectivity index (χ3v) is 5.75. The molecule has 0 amide bonds. The van der Waals surface area contributed by atoms with Crippen LogP contribution in [0.3, 0.4) is 0 Å². The number of anilines is 1. The lowest BCUT2D eigenvalue weighted by atomic mass is 10.2. The van der Waals surface area contributed by atoms with Crippen molar-refractivity contribution in [2.75, 3.05) is 38.1 Å². The Labute approximate surface area is 175 Å². The second kappa shape index (κ2) is 7.88. The van der Waals surface area contributed by atoms with Crippen molar-refractivity contribution >= 4 is 16.7 Å². The summed E-state index contributed by atoms with van der Waals surface area (Å²) in [6, 6.07) is 19.0. The minimum absolute atomic E-state index is 0.225. The minimum atomic E-state index is -0.225. The SMILES string of the molecule is CN1CCN(c2ccc3nc(-c4ccccn4)n(Cc4ccc(F)cc4)c3c2)CC1. The third kappa shape index (κ3) is 3.66. The molecule has 0 aliphatic carbocycles. The van der Waals surface area contributed by atoms with Crippen LogP contribution in [0.2, 0.25) is 0 Å². The molecule has 0 radical (unpaired) electrons. The second-order valence-corrected chi connectivity index (χ2v) is 7.83. The van der Waals surface area contributed by atoms with Gasteiger partial charge in [-0.1, -0.05) is 18.2 Å². The van der Waals surface area contributed by atoms with Crippen molar-refractivity contribution in [1.29, 1.82) is 0 Å². The molecule has 3 heterocycles. The molecule has 30 heavy (non-hydrogen) atoms. The highest BCUT2D eigenvalue weighted by Gasteiger charge is 2.18. The summed E-state index contributed by atoms with van der Waals surface area (Å²) in [4.78, 5) is 14.2. The van der Waals surface area contributed by atoms with E-state index < -0.39 is 0 Å². The van der Waals surface area contributed by atoms with E-state index in [1.165, 1.54) is 17.8 Å². The van der Waals surface area contributed by atoms with Gasteiger partial charge in [-0.05, 0) is 55.1 Å². The molecule has 6 heteroatoms. The number of halogens is 1. The van der Waals surface area contributed by atoms with E-state index in [1.807, 2.05) is 30.3 Å². The first kappa shape index (κ1) is 18.8. The van der Waals surface area contributed by atoms with Gasteiger partial charge in [0.25, 0.3) is 0 Å². The Bertz CT molecular complexity index is 1150. The summed E-state index contributed by atoms with van der Waals surface area (Å²) in [5.41, 5.74) is 5.07. The highest BCUT2D eigenvalue weighted by molar-refractivity contribution is 5.83. The molecule has 1 aliphatic heterocycles. The Morgan fingerprint density at radius 2 is 1.73 bits per heavy atom.